The van der Waals surface area contributed by atoms with Crippen LogP contribution in [0.25, 0.3) is 0 Å². The first-order valence-electron chi connectivity index (χ1n) is 8.47. The van der Waals surface area contributed by atoms with Crippen LogP contribution in [-0.4, -0.2) is 62.6 Å². The summed E-state index contributed by atoms with van der Waals surface area (Å²) in [5.41, 5.74) is -0.157. The third-order valence-corrected chi connectivity index (χ3v) is 4.58. The van der Waals surface area contributed by atoms with Crippen molar-refractivity contribution in [1.29, 1.82) is 0 Å². The van der Waals surface area contributed by atoms with Gasteiger partial charge >= 0.3 is 0 Å². The Morgan fingerprint density at radius 3 is 2.92 bits per heavy atom. The second kappa shape index (κ2) is 7.18. The second-order valence-corrected chi connectivity index (χ2v) is 6.77. The Kier molecular flexibility index (Phi) is 4.98. The Morgan fingerprint density at radius 1 is 1.40 bits per heavy atom. The van der Waals surface area contributed by atoms with Gasteiger partial charge in [-0.25, -0.2) is 0 Å². The van der Waals surface area contributed by atoms with Crippen LogP contribution in [-0.2, 0) is 13.6 Å². The number of carbonyl (C=O) groups excluding carboxylic acids is 1. The number of pyridine rings is 1. The summed E-state index contributed by atoms with van der Waals surface area (Å²) in [6.45, 7) is 1.94. The number of amides is 1. The molecule has 0 unspecified atom stereocenters. The predicted octanol–water partition coefficient (Wildman–Crippen LogP) is 0.585. The SMILES string of the molecule is CN(C)Cc1nnc([C@@H]2CCCN(C(=O)c3ccc[nH]c3=O)C2)n1C. The number of aromatic nitrogens is 4. The van der Waals surface area contributed by atoms with E-state index in [1.165, 1.54) is 6.20 Å². The molecule has 0 bridgehead atoms. The molecule has 8 heteroatoms. The van der Waals surface area contributed by atoms with Gasteiger partial charge in [-0.3, -0.25) is 9.59 Å². The van der Waals surface area contributed by atoms with E-state index in [-0.39, 0.29) is 22.9 Å². The lowest BCUT2D eigenvalue weighted by molar-refractivity contribution is 0.0701. The second-order valence-electron chi connectivity index (χ2n) is 6.77. The van der Waals surface area contributed by atoms with Crippen molar-refractivity contribution in [3.05, 3.63) is 45.9 Å². The maximum absolute atomic E-state index is 12.7. The van der Waals surface area contributed by atoms with Gasteiger partial charge in [-0.2, -0.15) is 0 Å². The van der Waals surface area contributed by atoms with Crippen LogP contribution in [0.2, 0.25) is 0 Å². The van der Waals surface area contributed by atoms with Crippen LogP contribution in [0.4, 0.5) is 0 Å². The molecule has 134 valence electrons. The zero-order valence-corrected chi connectivity index (χ0v) is 14.9. The number of rotatable bonds is 4. The summed E-state index contributed by atoms with van der Waals surface area (Å²) in [6.07, 6.45) is 3.38. The fraction of sp³-hybridized carbons (Fsp3) is 0.529. The van der Waals surface area contributed by atoms with E-state index in [0.717, 1.165) is 31.0 Å². The number of likely N-dealkylation sites (tertiary alicyclic amines) is 1. The Bertz CT molecular complexity index is 809. The quantitative estimate of drug-likeness (QED) is 0.877. The van der Waals surface area contributed by atoms with Crippen molar-refractivity contribution in [3.63, 3.8) is 0 Å². The van der Waals surface area contributed by atoms with Crippen molar-refractivity contribution in [2.75, 3.05) is 27.2 Å². The standard InChI is InChI=1S/C17H24N6O2/c1-21(2)11-14-19-20-15(22(14)3)12-6-5-9-23(10-12)17(25)13-7-4-8-18-16(13)24/h4,7-8,12H,5-6,9-11H2,1-3H3,(H,18,24)/t12-/m1/s1. The van der Waals surface area contributed by atoms with Gasteiger partial charge in [-0.15, -0.1) is 10.2 Å². The van der Waals surface area contributed by atoms with Gasteiger partial charge in [-0.05, 0) is 39.1 Å². The minimum atomic E-state index is -0.346. The molecule has 1 amide bonds. The molecular weight excluding hydrogens is 320 g/mol. The van der Waals surface area contributed by atoms with Gasteiger partial charge in [0, 0.05) is 32.3 Å². The lowest BCUT2D eigenvalue weighted by Crippen LogP contribution is -2.41. The largest absolute Gasteiger partial charge is 0.338 e. The first-order chi connectivity index (χ1) is 12.0. The first kappa shape index (κ1) is 17.3. The molecule has 3 heterocycles. The minimum absolute atomic E-state index is 0.133. The molecule has 1 aliphatic heterocycles. The molecule has 0 aliphatic carbocycles. The number of nitrogens with zero attached hydrogens (tertiary/aromatic N) is 5. The summed E-state index contributed by atoms with van der Waals surface area (Å²) < 4.78 is 2.02. The zero-order valence-electron chi connectivity index (χ0n) is 14.9. The molecule has 0 spiro atoms. The Morgan fingerprint density at radius 2 is 2.20 bits per heavy atom. The fourth-order valence-corrected chi connectivity index (χ4v) is 3.28. The van der Waals surface area contributed by atoms with Crippen LogP contribution >= 0.6 is 0 Å². The molecule has 1 fully saturated rings. The molecule has 0 aromatic carbocycles. The Balaban J connectivity index is 1.78. The molecule has 1 aliphatic rings. The number of H-pyrrole nitrogens is 1. The molecule has 2 aromatic rings. The van der Waals surface area contributed by atoms with Crippen molar-refractivity contribution in [1.82, 2.24) is 29.5 Å². The van der Waals surface area contributed by atoms with Gasteiger partial charge in [0.05, 0.1) is 6.54 Å². The fourth-order valence-electron chi connectivity index (χ4n) is 3.28. The number of nitrogens with one attached hydrogen (secondary N) is 1. The third-order valence-electron chi connectivity index (χ3n) is 4.58. The number of hydrogen-bond acceptors (Lipinski definition) is 5. The average Bonchev–Trinajstić information content (AvgIpc) is 2.95. The van der Waals surface area contributed by atoms with Crippen molar-refractivity contribution in [3.8, 4) is 0 Å². The summed E-state index contributed by atoms with van der Waals surface area (Å²) in [4.78, 5) is 30.9. The highest BCUT2D eigenvalue weighted by Gasteiger charge is 2.29. The van der Waals surface area contributed by atoms with E-state index in [1.807, 2.05) is 30.6 Å². The van der Waals surface area contributed by atoms with Crippen LogP contribution in [0, 0.1) is 0 Å². The van der Waals surface area contributed by atoms with Gasteiger partial charge < -0.3 is 19.4 Å². The maximum atomic E-state index is 12.7. The molecule has 1 saturated heterocycles. The molecule has 0 saturated carbocycles. The summed E-state index contributed by atoms with van der Waals surface area (Å²) in [5, 5.41) is 8.64. The van der Waals surface area contributed by atoms with Crippen LogP contribution in [0.15, 0.2) is 23.1 Å². The number of carbonyl (C=O) groups is 1. The lowest BCUT2D eigenvalue weighted by atomic mass is 9.96. The average molecular weight is 344 g/mol. The molecule has 3 rings (SSSR count). The predicted molar refractivity (Wildman–Crippen MR) is 93.3 cm³/mol. The highest BCUT2D eigenvalue weighted by atomic mass is 16.2. The molecule has 1 atom stereocenters. The van der Waals surface area contributed by atoms with Gasteiger partial charge in [0.2, 0.25) is 0 Å². The summed E-state index contributed by atoms with van der Waals surface area (Å²) in [7, 11) is 5.95. The van der Waals surface area contributed by atoms with Crippen LogP contribution in [0.1, 0.15) is 40.8 Å². The highest BCUT2D eigenvalue weighted by Crippen LogP contribution is 2.26. The Labute approximate surface area is 146 Å². The zero-order chi connectivity index (χ0) is 18.0. The van der Waals surface area contributed by atoms with E-state index in [4.69, 9.17) is 0 Å². The van der Waals surface area contributed by atoms with E-state index < -0.39 is 0 Å². The van der Waals surface area contributed by atoms with Gasteiger partial charge in [-0.1, -0.05) is 0 Å². The van der Waals surface area contributed by atoms with Gasteiger partial charge in [0.25, 0.3) is 11.5 Å². The van der Waals surface area contributed by atoms with E-state index in [0.29, 0.717) is 13.1 Å². The normalized spacial score (nSPS) is 17.9. The first-order valence-corrected chi connectivity index (χ1v) is 8.47. The third kappa shape index (κ3) is 3.63. The molecule has 1 N–H and O–H groups in total. The Hall–Kier alpha value is -2.48. The van der Waals surface area contributed by atoms with Crippen LogP contribution < -0.4 is 5.56 Å². The van der Waals surface area contributed by atoms with E-state index in [2.05, 4.69) is 15.2 Å². The van der Waals surface area contributed by atoms with Gasteiger partial charge in [0.1, 0.15) is 17.2 Å². The summed E-state index contributed by atoms with van der Waals surface area (Å²) in [5.74, 6) is 1.72. The smallest absolute Gasteiger partial charge is 0.260 e. The molecule has 0 radical (unpaired) electrons. The number of aromatic amines is 1. The van der Waals surface area contributed by atoms with Crippen LogP contribution in [0.5, 0.6) is 0 Å². The van der Waals surface area contributed by atoms with Crippen LogP contribution in [0.3, 0.4) is 0 Å². The monoisotopic (exact) mass is 344 g/mol. The molecule has 25 heavy (non-hydrogen) atoms. The van der Waals surface area contributed by atoms with E-state index in [1.54, 1.807) is 17.0 Å². The number of hydrogen-bond donors (Lipinski definition) is 1. The minimum Gasteiger partial charge on any atom is -0.338 e. The van der Waals surface area contributed by atoms with Crippen molar-refractivity contribution < 1.29 is 4.79 Å². The molecular formula is C17H24N6O2. The van der Waals surface area contributed by atoms with Crippen molar-refractivity contribution in [2.45, 2.75) is 25.3 Å². The van der Waals surface area contributed by atoms with Crippen molar-refractivity contribution >= 4 is 5.91 Å². The lowest BCUT2D eigenvalue weighted by Gasteiger charge is -2.32. The summed E-state index contributed by atoms with van der Waals surface area (Å²) >= 11 is 0. The maximum Gasteiger partial charge on any atom is 0.260 e. The van der Waals surface area contributed by atoms with Gasteiger partial charge in [0.15, 0.2) is 0 Å². The van der Waals surface area contributed by atoms with E-state index >= 15 is 0 Å². The van der Waals surface area contributed by atoms with E-state index in [9.17, 15) is 9.59 Å². The summed E-state index contributed by atoms with van der Waals surface area (Å²) in [6, 6.07) is 3.24. The highest BCUT2D eigenvalue weighted by molar-refractivity contribution is 5.93. The molecule has 2 aromatic heterocycles. The topological polar surface area (TPSA) is 87.1 Å². The molecule has 8 nitrogen and oxygen atoms in total. The number of piperidine rings is 1. The van der Waals surface area contributed by atoms with Crippen molar-refractivity contribution in [2.24, 2.45) is 7.05 Å².